The predicted molar refractivity (Wildman–Crippen MR) is 107 cm³/mol. The van der Waals surface area contributed by atoms with E-state index in [1.165, 1.54) is 19.1 Å². The van der Waals surface area contributed by atoms with E-state index in [9.17, 15) is 19.2 Å². The number of Topliss-reactive ketones (excluding diaryl/α,β-unsaturated/α-hetero) is 1. The van der Waals surface area contributed by atoms with Crippen molar-refractivity contribution < 1.29 is 23.5 Å². The fraction of sp³-hybridized carbons (Fsp3) is 0.182. The van der Waals surface area contributed by atoms with Gasteiger partial charge >= 0.3 is 11.6 Å². The molecular formula is C22H19NO6. The lowest BCUT2D eigenvalue weighted by molar-refractivity contribution is -0.144. The van der Waals surface area contributed by atoms with Gasteiger partial charge in [0.25, 0.3) is 0 Å². The molecule has 29 heavy (non-hydrogen) atoms. The predicted octanol–water partition coefficient (Wildman–Crippen LogP) is 3.46. The van der Waals surface area contributed by atoms with Gasteiger partial charge in [-0.1, -0.05) is 30.3 Å². The highest BCUT2D eigenvalue weighted by Crippen LogP contribution is 2.22. The molecule has 0 fully saturated rings. The summed E-state index contributed by atoms with van der Waals surface area (Å²) in [5, 5.41) is 3.20. The SMILES string of the molecule is CC(=O)Nc1ccc2c(COC(=O)CCC(=O)c3ccccc3)cc(=O)oc2c1. The number of carbonyl (C=O) groups is 3. The molecule has 1 amide bonds. The van der Waals surface area contributed by atoms with Gasteiger partial charge in [0.15, 0.2) is 5.78 Å². The van der Waals surface area contributed by atoms with Crippen molar-refractivity contribution in [3.8, 4) is 0 Å². The summed E-state index contributed by atoms with van der Waals surface area (Å²) in [7, 11) is 0. The molecule has 1 N–H and O–H groups in total. The second-order valence-corrected chi connectivity index (χ2v) is 6.43. The Labute approximate surface area is 166 Å². The summed E-state index contributed by atoms with van der Waals surface area (Å²) in [4.78, 5) is 47.1. The Kier molecular flexibility index (Phi) is 6.19. The lowest BCUT2D eigenvalue weighted by atomic mass is 10.1. The first-order valence-electron chi connectivity index (χ1n) is 9.00. The number of hydrogen-bond donors (Lipinski definition) is 1. The maximum absolute atomic E-state index is 12.1. The molecule has 0 spiro atoms. The molecule has 0 radical (unpaired) electrons. The second-order valence-electron chi connectivity index (χ2n) is 6.43. The van der Waals surface area contributed by atoms with Gasteiger partial charge in [-0.3, -0.25) is 14.4 Å². The minimum absolute atomic E-state index is 0.0423. The summed E-state index contributed by atoms with van der Waals surface area (Å²) in [6.45, 7) is 1.25. The Morgan fingerprint density at radius 3 is 2.48 bits per heavy atom. The van der Waals surface area contributed by atoms with Crippen LogP contribution in [-0.2, 0) is 20.9 Å². The molecule has 0 unspecified atom stereocenters. The molecule has 3 aromatic rings. The first-order valence-corrected chi connectivity index (χ1v) is 9.00. The molecule has 0 aliphatic rings. The van der Waals surface area contributed by atoms with E-state index in [0.717, 1.165) is 0 Å². The average Bonchev–Trinajstić information content (AvgIpc) is 2.70. The van der Waals surface area contributed by atoms with Crippen molar-refractivity contribution >= 4 is 34.3 Å². The van der Waals surface area contributed by atoms with E-state index < -0.39 is 11.6 Å². The van der Waals surface area contributed by atoms with Crippen LogP contribution in [0.15, 0.2) is 63.8 Å². The fourth-order valence-corrected chi connectivity index (χ4v) is 2.84. The zero-order valence-corrected chi connectivity index (χ0v) is 15.8. The number of anilines is 1. The van der Waals surface area contributed by atoms with Crippen LogP contribution in [0, 0.1) is 0 Å². The lowest BCUT2D eigenvalue weighted by Crippen LogP contribution is -2.10. The van der Waals surface area contributed by atoms with E-state index in [1.54, 1.807) is 36.4 Å². The van der Waals surface area contributed by atoms with Crippen LogP contribution in [-0.4, -0.2) is 17.7 Å². The third-order valence-corrected chi connectivity index (χ3v) is 4.19. The number of carbonyl (C=O) groups excluding carboxylic acids is 3. The third-order valence-electron chi connectivity index (χ3n) is 4.19. The summed E-state index contributed by atoms with van der Waals surface area (Å²) in [6.07, 6.45) is -0.0135. The van der Waals surface area contributed by atoms with Crippen molar-refractivity contribution in [1.29, 1.82) is 0 Å². The van der Waals surface area contributed by atoms with Crippen molar-refractivity contribution in [2.75, 3.05) is 5.32 Å². The molecule has 0 saturated heterocycles. The van der Waals surface area contributed by atoms with Crippen LogP contribution in [0.3, 0.4) is 0 Å². The topological polar surface area (TPSA) is 103 Å². The highest BCUT2D eigenvalue weighted by molar-refractivity contribution is 5.97. The molecule has 7 nitrogen and oxygen atoms in total. The van der Waals surface area contributed by atoms with Gasteiger partial charge in [0.2, 0.25) is 5.91 Å². The standard InChI is InChI=1S/C22H19NO6/c1-14(24)23-17-7-8-18-16(11-22(27)29-20(18)12-17)13-28-21(26)10-9-19(25)15-5-3-2-4-6-15/h2-8,11-12H,9-10,13H2,1H3,(H,23,24). The number of benzene rings is 2. The minimum Gasteiger partial charge on any atom is -0.461 e. The molecule has 1 heterocycles. The largest absolute Gasteiger partial charge is 0.461 e. The number of ether oxygens (including phenoxy) is 1. The van der Waals surface area contributed by atoms with Crippen molar-refractivity contribution in [2.45, 2.75) is 26.4 Å². The highest BCUT2D eigenvalue weighted by atomic mass is 16.5. The molecule has 0 aliphatic heterocycles. The molecular weight excluding hydrogens is 374 g/mol. The highest BCUT2D eigenvalue weighted by Gasteiger charge is 2.12. The Morgan fingerprint density at radius 2 is 1.76 bits per heavy atom. The van der Waals surface area contributed by atoms with Gasteiger partial charge in [-0.15, -0.1) is 0 Å². The first-order chi connectivity index (χ1) is 13.9. The van der Waals surface area contributed by atoms with Crippen LogP contribution in [0.5, 0.6) is 0 Å². The van der Waals surface area contributed by atoms with Crippen LogP contribution < -0.4 is 10.9 Å². The van der Waals surface area contributed by atoms with E-state index in [1.807, 2.05) is 6.07 Å². The summed E-state index contributed by atoms with van der Waals surface area (Å²) >= 11 is 0. The smallest absolute Gasteiger partial charge is 0.336 e. The van der Waals surface area contributed by atoms with Crippen LogP contribution in [0.25, 0.3) is 11.0 Å². The van der Waals surface area contributed by atoms with E-state index in [2.05, 4.69) is 5.32 Å². The Morgan fingerprint density at radius 1 is 1.00 bits per heavy atom. The molecule has 0 saturated carbocycles. The lowest BCUT2D eigenvalue weighted by Gasteiger charge is -2.09. The number of esters is 1. The Bertz CT molecular complexity index is 1120. The van der Waals surface area contributed by atoms with Gasteiger partial charge in [0.05, 0.1) is 6.42 Å². The van der Waals surface area contributed by atoms with Gasteiger partial charge in [0.1, 0.15) is 12.2 Å². The number of hydrogen-bond acceptors (Lipinski definition) is 6. The molecule has 0 aliphatic carbocycles. The van der Waals surface area contributed by atoms with Crippen LogP contribution in [0.1, 0.15) is 35.7 Å². The summed E-state index contributed by atoms with van der Waals surface area (Å²) in [5.41, 5.74) is 1.19. The Balaban J connectivity index is 1.65. The molecule has 2 aromatic carbocycles. The van der Waals surface area contributed by atoms with Crippen LogP contribution in [0.2, 0.25) is 0 Å². The van der Waals surface area contributed by atoms with Crippen molar-refractivity contribution in [1.82, 2.24) is 0 Å². The monoisotopic (exact) mass is 393 g/mol. The molecule has 0 atom stereocenters. The first kappa shape index (κ1) is 20.0. The maximum atomic E-state index is 12.1. The minimum atomic E-state index is -0.595. The van der Waals surface area contributed by atoms with Gasteiger partial charge in [-0.2, -0.15) is 0 Å². The zero-order valence-electron chi connectivity index (χ0n) is 15.8. The molecule has 0 bridgehead atoms. The Hall–Kier alpha value is -3.74. The zero-order chi connectivity index (χ0) is 20.8. The van der Waals surface area contributed by atoms with Gasteiger partial charge < -0.3 is 14.5 Å². The number of rotatable bonds is 7. The second kappa shape index (κ2) is 8.97. The summed E-state index contributed by atoms with van der Waals surface area (Å²) in [6, 6.07) is 14.8. The molecule has 1 aromatic heterocycles. The molecule has 3 rings (SSSR count). The van der Waals surface area contributed by atoms with Crippen molar-refractivity contribution in [3.05, 3.63) is 76.1 Å². The number of amides is 1. The van der Waals surface area contributed by atoms with Gasteiger partial charge in [-0.05, 0) is 12.1 Å². The van der Waals surface area contributed by atoms with Crippen molar-refractivity contribution in [2.24, 2.45) is 0 Å². The third kappa shape index (κ3) is 5.38. The van der Waals surface area contributed by atoms with Gasteiger partial charge in [0, 0.05) is 47.7 Å². The van der Waals surface area contributed by atoms with E-state index >= 15 is 0 Å². The van der Waals surface area contributed by atoms with E-state index in [0.29, 0.717) is 22.2 Å². The molecule has 7 heteroatoms. The summed E-state index contributed by atoms with van der Waals surface area (Å²) in [5.74, 6) is -0.925. The quantitative estimate of drug-likeness (QED) is 0.375. The van der Waals surface area contributed by atoms with E-state index in [-0.39, 0.29) is 36.7 Å². The van der Waals surface area contributed by atoms with Crippen LogP contribution >= 0.6 is 0 Å². The fourth-order valence-electron chi connectivity index (χ4n) is 2.84. The number of fused-ring (bicyclic) bond motifs is 1. The summed E-state index contributed by atoms with van der Waals surface area (Å²) < 4.78 is 10.4. The normalized spacial score (nSPS) is 10.5. The average molecular weight is 393 g/mol. The van der Waals surface area contributed by atoms with Gasteiger partial charge in [-0.25, -0.2) is 4.79 Å². The number of nitrogens with one attached hydrogen (secondary N) is 1. The van der Waals surface area contributed by atoms with E-state index in [4.69, 9.17) is 9.15 Å². The van der Waals surface area contributed by atoms with Crippen LogP contribution in [0.4, 0.5) is 5.69 Å². The number of ketones is 1. The van der Waals surface area contributed by atoms with Crippen molar-refractivity contribution in [3.63, 3.8) is 0 Å². The maximum Gasteiger partial charge on any atom is 0.336 e. The molecule has 148 valence electrons.